The molecule has 0 heterocycles. The Morgan fingerprint density at radius 2 is 1.90 bits per heavy atom. The molecule has 0 amide bonds. The fourth-order valence-corrected chi connectivity index (χ4v) is 3.27. The molecule has 1 aromatic carbocycles. The van der Waals surface area contributed by atoms with Crippen molar-refractivity contribution in [3.63, 3.8) is 0 Å². The third kappa shape index (κ3) is 5.48. The van der Waals surface area contributed by atoms with Crippen molar-refractivity contribution >= 4 is 21.0 Å². The summed E-state index contributed by atoms with van der Waals surface area (Å²) in [5.41, 5.74) is 0.813. The molecule has 120 valence electrons. The summed E-state index contributed by atoms with van der Waals surface area (Å²) in [6, 6.07) is 6.66. The molecule has 0 bridgehead atoms. The van der Waals surface area contributed by atoms with E-state index in [9.17, 15) is 12.6 Å². The fraction of sp³-hybridized carbons (Fsp3) is 0.538. The standard InChI is InChI=1S/C13H22N2O4S2/c1-11(12-5-7-13(8-6-12)20(4)16)14-21(17,18)15(2)9-10-19-3/h5-8,11,14H,9-10H2,1-4H3/t11-,20+/m1/s1. The van der Waals surface area contributed by atoms with E-state index in [2.05, 4.69) is 4.72 Å². The lowest BCUT2D eigenvalue weighted by Crippen LogP contribution is -2.40. The van der Waals surface area contributed by atoms with Crippen LogP contribution in [0.2, 0.25) is 0 Å². The zero-order valence-electron chi connectivity index (χ0n) is 12.7. The van der Waals surface area contributed by atoms with Crippen molar-refractivity contribution in [2.75, 3.05) is 33.6 Å². The average molecular weight is 334 g/mol. The second-order valence-corrected chi connectivity index (χ2v) is 7.87. The minimum absolute atomic E-state index is 0.284. The molecule has 0 unspecified atom stereocenters. The van der Waals surface area contributed by atoms with E-state index >= 15 is 0 Å². The Morgan fingerprint density at radius 3 is 2.38 bits per heavy atom. The molecule has 0 aliphatic rings. The van der Waals surface area contributed by atoms with E-state index in [4.69, 9.17) is 4.74 Å². The lowest BCUT2D eigenvalue weighted by Gasteiger charge is -2.21. The first-order valence-electron chi connectivity index (χ1n) is 6.44. The van der Waals surface area contributed by atoms with Crippen LogP contribution in [-0.2, 0) is 25.7 Å². The predicted molar refractivity (Wildman–Crippen MR) is 83.8 cm³/mol. The highest BCUT2D eigenvalue weighted by molar-refractivity contribution is 7.87. The van der Waals surface area contributed by atoms with Crippen LogP contribution in [0.15, 0.2) is 29.2 Å². The van der Waals surface area contributed by atoms with E-state index in [0.29, 0.717) is 11.5 Å². The first-order chi connectivity index (χ1) is 9.77. The molecule has 0 aliphatic heterocycles. The van der Waals surface area contributed by atoms with Crippen molar-refractivity contribution in [3.8, 4) is 0 Å². The highest BCUT2D eigenvalue weighted by Gasteiger charge is 2.20. The van der Waals surface area contributed by atoms with Crippen molar-refractivity contribution in [3.05, 3.63) is 29.8 Å². The summed E-state index contributed by atoms with van der Waals surface area (Å²) in [6.45, 7) is 2.38. The third-order valence-corrected chi connectivity index (χ3v) is 5.65. The molecule has 6 nitrogen and oxygen atoms in total. The summed E-state index contributed by atoms with van der Waals surface area (Å²) < 4.78 is 44.2. The Morgan fingerprint density at radius 1 is 1.33 bits per heavy atom. The van der Waals surface area contributed by atoms with Gasteiger partial charge in [-0.05, 0) is 24.6 Å². The van der Waals surface area contributed by atoms with Gasteiger partial charge in [-0.25, -0.2) is 0 Å². The molecule has 0 radical (unpaired) electrons. The summed E-state index contributed by atoms with van der Waals surface area (Å²) in [5.74, 6) is 0. The summed E-state index contributed by atoms with van der Waals surface area (Å²) in [5, 5.41) is 0. The van der Waals surface area contributed by atoms with Gasteiger partial charge in [-0.2, -0.15) is 17.4 Å². The maximum absolute atomic E-state index is 12.1. The van der Waals surface area contributed by atoms with E-state index in [1.807, 2.05) is 0 Å². The second-order valence-electron chi connectivity index (χ2n) is 4.68. The van der Waals surface area contributed by atoms with Crippen molar-refractivity contribution in [2.45, 2.75) is 17.9 Å². The molecule has 21 heavy (non-hydrogen) atoms. The normalized spacial score (nSPS) is 15.1. The molecular weight excluding hydrogens is 312 g/mol. The molecule has 2 atom stereocenters. The number of likely N-dealkylation sites (N-methyl/N-ethyl adjacent to an activating group) is 1. The number of nitrogens with one attached hydrogen (secondary N) is 1. The van der Waals surface area contributed by atoms with Crippen LogP contribution in [0.4, 0.5) is 0 Å². The molecule has 0 aromatic heterocycles. The van der Waals surface area contributed by atoms with Gasteiger partial charge in [0.2, 0.25) is 0 Å². The highest BCUT2D eigenvalue weighted by atomic mass is 32.2. The van der Waals surface area contributed by atoms with Crippen LogP contribution >= 0.6 is 0 Å². The zero-order valence-corrected chi connectivity index (χ0v) is 14.3. The van der Waals surface area contributed by atoms with Gasteiger partial charge in [0.1, 0.15) is 0 Å². The molecule has 1 rings (SSSR count). The van der Waals surface area contributed by atoms with Gasteiger partial charge in [0, 0.05) is 48.7 Å². The van der Waals surface area contributed by atoms with Gasteiger partial charge in [0.05, 0.1) is 6.61 Å². The van der Waals surface area contributed by atoms with Gasteiger partial charge in [0.25, 0.3) is 10.2 Å². The number of nitrogens with zero attached hydrogens (tertiary/aromatic N) is 1. The molecule has 1 N–H and O–H groups in total. The van der Waals surface area contributed by atoms with Gasteiger partial charge in [-0.15, -0.1) is 0 Å². The van der Waals surface area contributed by atoms with Crippen molar-refractivity contribution in [1.29, 1.82) is 0 Å². The van der Waals surface area contributed by atoms with Gasteiger partial charge < -0.3 is 4.74 Å². The van der Waals surface area contributed by atoms with Crippen LogP contribution in [0, 0.1) is 0 Å². The quantitative estimate of drug-likeness (QED) is 0.766. The molecule has 0 saturated carbocycles. The zero-order chi connectivity index (χ0) is 16.0. The fourth-order valence-electron chi connectivity index (χ4n) is 1.67. The van der Waals surface area contributed by atoms with E-state index in [1.54, 1.807) is 37.4 Å². The minimum Gasteiger partial charge on any atom is -0.383 e. The smallest absolute Gasteiger partial charge is 0.279 e. The van der Waals surface area contributed by atoms with E-state index in [0.717, 1.165) is 5.56 Å². The Bertz CT molecular complexity index is 572. The molecule has 0 saturated heterocycles. The molecule has 8 heteroatoms. The topological polar surface area (TPSA) is 75.7 Å². The molecule has 0 spiro atoms. The summed E-state index contributed by atoms with van der Waals surface area (Å²) in [7, 11) is -1.58. The van der Waals surface area contributed by atoms with Crippen molar-refractivity contribution < 1.29 is 17.4 Å². The number of ether oxygens (including phenoxy) is 1. The molecular formula is C13H22N2O4S2. The lowest BCUT2D eigenvalue weighted by atomic mass is 10.1. The van der Waals surface area contributed by atoms with Crippen LogP contribution in [0.5, 0.6) is 0 Å². The number of methoxy groups -OCH3 is 1. The van der Waals surface area contributed by atoms with Crippen molar-refractivity contribution in [2.24, 2.45) is 0 Å². The predicted octanol–water partition coefficient (Wildman–Crippen LogP) is 0.898. The summed E-state index contributed by atoms with van der Waals surface area (Å²) >= 11 is 0. The van der Waals surface area contributed by atoms with Crippen LogP contribution in [0.1, 0.15) is 18.5 Å². The molecule has 0 fully saturated rings. The van der Waals surface area contributed by atoms with Gasteiger partial charge in [-0.3, -0.25) is 4.21 Å². The number of benzene rings is 1. The van der Waals surface area contributed by atoms with Gasteiger partial charge in [0.15, 0.2) is 0 Å². The number of hydrogen-bond donors (Lipinski definition) is 1. The minimum atomic E-state index is -3.56. The second kappa shape index (κ2) is 8.00. The van der Waals surface area contributed by atoms with Crippen LogP contribution in [-0.4, -0.2) is 50.5 Å². The van der Waals surface area contributed by atoms with E-state index in [1.165, 1.54) is 18.5 Å². The number of hydrogen-bond acceptors (Lipinski definition) is 4. The van der Waals surface area contributed by atoms with E-state index < -0.39 is 21.0 Å². The molecule has 0 aliphatic carbocycles. The number of rotatable bonds is 8. The maximum Gasteiger partial charge on any atom is 0.279 e. The summed E-state index contributed by atoms with van der Waals surface area (Å²) in [4.78, 5) is 0.714. The molecule has 1 aromatic rings. The van der Waals surface area contributed by atoms with Gasteiger partial charge >= 0.3 is 0 Å². The van der Waals surface area contributed by atoms with Crippen molar-refractivity contribution in [1.82, 2.24) is 9.03 Å². The first-order valence-corrected chi connectivity index (χ1v) is 9.43. The SMILES string of the molecule is COCCN(C)S(=O)(=O)N[C@H](C)c1ccc([S@](C)=O)cc1. The first kappa shape index (κ1) is 18.2. The van der Waals surface area contributed by atoms with Crippen LogP contribution < -0.4 is 4.72 Å². The van der Waals surface area contributed by atoms with Gasteiger partial charge in [-0.1, -0.05) is 12.1 Å². The lowest BCUT2D eigenvalue weighted by molar-refractivity contribution is 0.184. The Hall–Kier alpha value is -0.800. The average Bonchev–Trinajstić information content (AvgIpc) is 2.44. The Labute approximate surface area is 129 Å². The third-order valence-electron chi connectivity index (χ3n) is 3.06. The highest BCUT2D eigenvalue weighted by Crippen LogP contribution is 2.16. The van der Waals surface area contributed by atoms with E-state index in [-0.39, 0.29) is 12.6 Å². The van der Waals surface area contributed by atoms with Crippen LogP contribution in [0.3, 0.4) is 0 Å². The largest absolute Gasteiger partial charge is 0.383 e. The maximum atomic E-state index is 12.1. The Kier molecular flexibility index (Phi) is 6.95. The van der Waals surface area contributed by atoms with Crippen LogP contribution in [0.25, 0.3) is 0 Å². The monoisotopic (exact) mass is 334 g/mol. The summed E-state index contributed by atoms with van der Waals surface area (Å²) in [6.07, 6.45) is 1.60. The Balaban J connectivity index is 2.75.